The molecular formula is C13H14O4. The van der Waals surface area contributed by atoms with Crippen LogP contribution in [0.1, 0.15) is 16.9 Å². The van der Waals surface area contributed by atoms with Crippen LogP contribution in [0.25, 0.3) is 11.0 Å². The van der Waals surface area contributed by atoms with Crippen molar-refractivity contribution in [1.82, 2.24) is 0 Å². The van der Waals surface area contributed by atoms with Crippen LogP contribution in [0.4, 0.5) is 0 Å². The molecule has 0 unspecified atom stereocenters. The first-order valence-corrected chi connectivity index (χ1v) is 5.45. The highest BCUT2D eigenvalue weighted by atomic mass is 16.4. The normalized spacial score (nSPS) is 10.9. The van der Waals surface area contributed by atoms with Crippen LogP contribution in [0, 0.1) is 6.92 Å². The lowest BCUT2D eigenvalue weighted by Gasteiger charge is -1.97. The summed E-state index contributed by atoms with van der Waals surface area (Å²) >= 11 is 0. The number of hydrogen-bond acceptors (Lipinski definition) is 3. The predicted molar refractivity (Wildman–Crippen MR) is 63.1 cm³/mol. The number of carboxylic acids is 1. The second kappa shape index (κ2) is 4.59. The summed E-state index contributed by atoms with van der Waals surface area (Å²) in [4.78, 5) is 10.6. The summed E-state index contributed by atoms with van der Waals surface area (Å²) in [7, 11) is 0. The van der Waals surface area contributed by atoms with Gasteiger partial charge in [-0.25, -0.2) is 0 Å². The molecule has 2 N–H and O–H groups in total. The second-order valence-corrected chi connectivity index (χ2v) is 4.02. The molecule has 0 saturated carbocycles. The number of carbonyl (C=O) groups is 1. The van der Waals surface area contributed by atoms with Crippen LogP contribution < -0.4 is 0 Å². The molecule has 0 radical (unpaired) electrons. The molecule has 0 aliphatic heterocycles. The van der Waals surface area contributed by atoms with E-state index in [4.69, 9.17) is 14.6 Å². The van der Waals surface area contributed by atoms with Gasteiger partial charge in [0.15, 0.2) is 0 Å². The smallest absolute Gasteiger partial charge is 0.307 e. The Morgan fingerprint density at radius 3 is 2.82 bits per heavy atom. The molecule has 17 heavy (non-hydrogen) atoms. The highest BCUT2D eigenvalue weighted by Gasteiger charge is 2.11. The van der Waals surface area contributed by atoms with E-state index in [1.807, 2.05) is 13.0 Å². The zero-order valence-corrected chi connectivity index (χ0v) is 9.56. The standard InChI is InChI=1S/C13H14O4/c1-8-10-6-9(7-13(15)16)2-3-12(10)17-11(8)4-5-14/h2-3,6,14H,4-5,7H2,1H3,(H,15,16). The fourth-order valence-corrected chi connectivity index (χ4v) is 1.94. The van der Waals surface area contributed by atoms with E-state index in [9.17, 15) is 4.79 Å². The number of aryl methyl sites for hydroxylation is 1. The maximum Gasteiger partial charge on any atom is 0.307 e. The summed E-state index contributed by atoms with van der Waals surface area (Å²) in [5.41, 5.74) is 2.46. The maximum absolute atomic E-state index is 10.6. The van der Waals surface area contributed by atoms with Crippen molar-refractivity contribution in [2.75, 3.05) is 6.61 Å². The minimum absolute atomic E-state index is 0.00981. The number of benzene rings is 1. The largest absolute Gasteiger partial charge is 0.481 e. The van der Waals surface area contributed by atoms with Crippen LogP contribution in [0.15, 0.2) is 22.6 Å². The first-order chi connectivity index (χ1) is 8.11. The Kier molecular flexibility index (Phi) is 3.15. The van der Waals surface area contributed by atoms with Crippen LogP contribution in [0.3, 0.4) is 0 Å². The molecule has 0 bridgehead atoms. The Morgan fingerprint density at radius 2 is 2.18 bits per heavy atom. The van der Waals surface area contributed by atoms with Crippen molar-refractivity contribution in [2.24, 2.45) is 0 Å². The summed E-state index contributed by atoms with van der Waals surface area (Å²) < 4.78 is 5.59. The molecule has 1 heterocycles. The Bertz CT molecular complexity index is 554. The third-order valence-electron chi connectivity index (χ3n) is 2.79. The van der Waals surface area contributed by atoms with Gasteiger partial charge in [0.05, 0.1) is 13.0 Å². The Morgan fingerprint density at radius 1 is 1.41 bits per heavy atom. The summed E-state index contributed by atoms with van der Waals surface area (Å²) in [6.07, 6.45) is 0.491. The minimum atomic E-state index is -0.846. The van der Waals surface area contributed by atoms with Crippen molar-refractivity contribution >= 4 is 16.9 Å². The van der Waals surface area contributed by atoms with Crippen molar-refractivity contribution in [1.29, 1.82) is 0 Å². The zero-order valence-electron chi connectivity index (χ0n) is 9.56. The second-order valence-electron chi connectivity index (χ2n) is 4.02. The van der Waals surface area contributed by atoms with Gasteiger partial charge in [-0.3, -0.25) is 4.79 Å². The highest BCUT2D eigenvalue weighted by molar-refractivity contribution is 5.84. The predicted octanol–water partition coefficient (Wildman–Crippen LogP) is 1.90. The Balaban J connectivity index is 2.45. The highest BCUT2D eigenvalue weighted by Crippen LogP contribution is 2.26. The van der Waals surface area contributed by atoms with Gasteiger partial charge in [0.2, 0.25) is 0 Å². The van der Waals surface area contributed by atoms with Crippen molar-refractivity contribution < 1.29 is 19.4 Å². The van der Waals surface area contributed by atoms with E-state index in [1.165, 1.54) is 0 Å². The topological polar surface area (TPSA) is 70.7 Å². The van der Waals surface area contributed by atoms with E-state index >= 15 is 0 Å². The summed E-state index contributed by atoms with van der Waals surface area (Å²) in [6, 6.07) is 5.37. The molecule has 0 fully saturated rings. The number of aliphatic carboxylic acids is 1. The van der Waals surface area contributed by atoms with E-state index in [-0.39, 0.29) is 13.0 Å². The molecule has 1 aromatic carbocycles. The van der Waals surface area contributed by atoms with E-state index in [0.717, 1.165) is 27.9 Å². The Hall–Kier alpha value is -1.81. The molecule has 0 aliphatic carbocycles. The van der Waals surface area contributed by atoms with Gasteiger partial charge < -0.3 is 14.6 Å². The van der Waals surface area contributed by atoms with Crippen LogP contribution >= 0.6 is 0 Å². The summed E-state index contributed by atoms with van der Waals surface area (Å²) in [6.45, 7) is 1.96. The first-order valence-electron chi connectivity index (χ1n) is 5.45. The fourth-order valence-electron chi connectivity index (χ4n) is 1.94. The van der Waals surface area contributed by atoms with Gasteiger partial charge in [0.25, 0.3) is 0 Å². The lowest BCUT2D eigenvalue weighted by atomic mass is 10.1. The lowest BCUT2D eigenvalue weighted by molar-refractivity contribution is -0.136. The molecule has 2 aromatic rings. The number of rotatable bonds is 4. The third-order valence-corrected chi connectivity index (χ3v) is 2.79. The molecule has 0 saturated heterocycles. The average molecular weight is 234 g/mol. The Labute approximate surface area is 98.5 Å². The third kappa shape index (κ3) is 2.31. The quantitative estimate of drug-likeness (QED) is 0.847. The number of carboxylic acid groups (broad SMARTS) is 1. The minimum Gasteiger partial charge on any atom is -0.481 e. The molecule has 90 valence electrons. The van der Waals surface area contributed by atoms with Crippen LogP contribution in [-0.2, 0) is 17.6 Å². The molecule has 2 rings (SSSR count). The van der Waals surface area contributed by atoms with Crippen LogP contribution in [0.2, 0.25) is 0 Å². The monoisotopic (exact) mass is 234 g/mol. The summed E-state index contributed by atoms with van der Waals surface area (Å²) in [5.74, 6) is -0.0870. The molecule has 0 atom stereocenters. The number of furan rings is 1. The number of aliphatic hydroxyl groups excluding tert-OH is 1. The van der Waals surface area contributed by atoms with E-state index in [0.29, 0.717) is 6.42 Å². The number of aliphatic hydroxyl groups is 1. The average Bonchev–Trinajstić information content (AvgIpc) is 2.57. The molecule has 4 nitrogen and oxygen atoms in total. The van der Waals surface area contributed by atoms with Gasteiger partial charge in [-0.1, -0.05) is 6.07 Å². The van der Waals surface area contributed by atoms with E-state index in [1.54, 1.807) is 12.1 Å². The fraction of sp³-hybridized carbons (Fsp3) is 0.308. The van der Waals surface area contributed by atoms with Crippen LogP contribution in [-0.4, -0.2) is 22.8 Å². The van der Waals surface area contributed by atoms with Crippen molar-refractivity contribution in [3.63, 3.8) is 0 Å². The number of hydrogen-bond donors (Lipinski definition) is 2. The molecule has 1 aromatic heterocycles. The summed E-state index contributed by atoms with van der Waals surface area (Å²) in [5, 5.41) is 18.6. The van der Waals surface area contributed by atoms with E-state index in [2.05, 4.69) is 0 Å². The SMILES string of the molecule is Cc1c(CCO)oc2ccc(CC(=O)O)cc12. The molecule has 4 heteroatoms. The zero-order chi connectivity index (χ0) is 12.4. The van der Waals surface area contributed by atoms with E-state index < -0.39 is 5.97 Å². The molecule has 0 amide bonds. The maximum atomic E-state index is 10.6. The van der Waals surface area contributed by atoms with Gasteiger partial charge in [0.1, 0.15) is 11.3 Å². The molecule has 0 aliphatic rings. The van der Waals surface area contributed by atoms with Crippen molar-refractivity contribution in [3.8, 4) is 0 Å². The molecular weight excluding hydrogens is 220 g/mol. The van der Waals surface area contributed by atoms with Gasteiger partial charge in [-0.15, -0.1) is 0 Å². The van der Waals surface area contributed by atoms with Crippen LogP contribution in [0.5, 0.6) is 0 Å². The first kappa shape index (κ1) is 11.7. The van der Waals surface area contributed by atoms with Gasteiger partial charge in [-0.05, 0) is 30.2 Å². The lowest BCUT2D eigenvalue weighted by Crippen LogP contribution is -1.99. The van der Waals surface area contributed by atoms with Crippen molar-refractivity contribution in [2.45, 2.75) is 19.8 Å². The molecule has 0 spiro atoms. The number of fused-ring (bicyclic) bond motifs is 1. The van der Waals surface area contributed by atoms with Gasteiger partial charge in [-0.2, -0.15) is 0 Å². The van der Waals surface area contributed by atoms with Gasteiger partial charge in [0, 0.05) is 11.8 Å². The van der Waals surface area contributed by atoms with Crippen molar-refractivity contribution in [3.05, 3.63) is 35.1 Å². The van der Waals surface area contributed by atoms with Gasteiger partial charge >= 0.3 is 5.97 Å².